The number of aliphatic imine (C=N–C) groups is 1. The van der Waals surface area contributed by atoms with Crippen LogP contribution in [0.15, 0.2) is 35.5 Å². The molecule has 1 amide bonds. The summed E-state index contributed by atoms with van der Waals surface area (Å²) in [7, 11) is 0. The van der Waals surface area contributed by atoms with Gasteiger partial charge in [0, 0.05) is 41.9 Å². The molecule has 3 N–H and O–H groups in total. The van der Waals surface area contributed by atoms with Crippen LogP contribution in [0, 0.1) is 18.8 Å². The highest BCUT2D eigenvalue weighted by Crippen LogP contribution is 2.30. The lowest BCUT2D eigenvalue weighted by atomic mass is 9.87. The van der Waals surface area contributed by atoms with Gasteiger partial charge in [-0.15, -0.1) is 0 Å². The van der Waals surface area contributed by atoms with E-state index >= 15 is 0 Å². The number of amides is 1. The van der Waals surface area contributed by atoms with Gasteiger partial charge in [0.1, 0.15) is 5.82 Å². The lowest BCUT2D eigenvalue weighted by Gasteiger charge is -2.23. The van der Waals surface area contributed by atoms with Crippen molar-refractivity contribution in [1.82, 2.24) is 19.9 Å². The maximum Gasteiger partial charge on any atom is 0.251 e. The molecule has 8 heteroatoms. The summed E-state index contributed by atoms with van der Waals surface area (Å²) in [5, 5.41) is 21.5. The van der Waals surface area contributed by atoms with Crippen molar-refractivity contribution >= 4 is 29.4 Å². The third-order valence-corrected chi connectivity index (χ3v) is 7.02. The molecule has 0 aliphatic heterocycles. The maximum atomic E-state index is 12.6. The van der Waals surface area contributed by atoms with Gasteiger partial charge in [-0.25, -0.2) is 9.98 Å². The number of hydrogen-bond acceptors (Lipinski definition) is 6. The van der Waals surface area contributed by atoms with Crippen LogP contribution < -0.4 is 10.6 Å². The van der Waals surface area contributed by atoms with Crippen LogP contribution >= 0.6 is 0 Å². The second-order valence-electron chi connectivity index (χ2n) is 10.6. The van der Waals surface area contributed by atoms with Crippen molar-refractivity contribution < 1.29 is 9.90 Å². The molecule has 0 radical (unpaired) electrons. The second kappa shape index (κ2) is 10.4. The average molecular weight is 489 g/mol. The molecule has 2 aliphatic rings. The van der Waals surface area contributed by atoms with E-state index in [1.54, 1.807) is 0 Å². The molecule has 2 heterocycles. The molecule has 1 unspecified atom stereocenters. The first kappa shape index (κ1) is 24.4. The van der Waals surface area contributed by atoms with E-state index in [9.17, 15) is 9.90 Å². The fourth-order valence-corrected chi connectivity index (χ4v) is 4.72. The molecular weight excluding hydrogens is 452 g/mol. The number of aryl methyl sites for hydroxylation is 1. The number of carbonyl (C=O) groups is 1. The van der Waals surface area contributed by atoms with E-state index in [1.165, 1.54) is 0 Å². The first-order chi connectivity index (χ1) is 17.4. The molecule has 2 atom stereocenters. The van der Waals surface area contributed by atoms with Gasteiger partial charge in [-0.05, 0) is 55.7 Å². The predicted octanol–water partition coefficient (Wildman–Crippen LogP) is 4.92. The number of nitrogens with zero attached hydrogens (tertiary/aromatic N) is 4. The van der Waals surface area contributed by atoms with Crippen LogP contribution in [0.4, 0.5) is 11.6 Å². The normalized spacial score (nSPS) is 20.4. The summed E-state index contributed by atoms with van der Waals surface area (Å²) < 4.78 is 1.81. The summed E-state index contributed by atoms with van der Waals surface area (Å²) in [5.41, 5.74) is 4.16. The smallest absolute Gasteiger partial charge is 0.251 e. The van der Waals surface area contributed by atoms with Crippen molar-refractivity contribution in [2.45, 2.75) is 71.4 Å². The van der Waals surface area contributed by atoms with Gasteiger partial charge in [0.15, 0.2) is 11.5 Å². The fraction of sp³-hybridized carbons (Fsp3) is 0.500. The summed E-state index contributed by atoms with van der Waals surface area (Å²) in [6.07, 6.45) is 9.43. The number of nitrogens with one attached hydrogen (secondary N) is 2. The Morgan fingerprint density at radius 1 is 1.22 bits per heavy atom. The summed E-state index contributed by atoms with van der Waals surface area (Å²) in [4.78, 5) is 22.1. The minimum Gasteiger partial charge on any atom is -0.392 e. The number of aliphatic hydroxyl groups excluding tert-OH is 1. The monoisotopic (exact) mass is 488 g/mol. The molecule has 36 heavy (non-hydrogen) atoms. The Morgan fingerprint density at radius 2 is 2.03 bits per heavy atom. The SMILES string of the molecule is Cc1cc(-c2cnn3c(NCC(C)C)cc(N=CC4CCCC[C@H]4O)nc23)ccc1C(=O)NC1CC1. The first-order valence-electron chi connectivity index (χ1n) is 13.2. The van der Waals surface area contributed by atoms with Crippen LogP contribution in [-0.2, 0) is 0 Å². The van der Waals surface area contributed by atoms with Gasteiger partial charge >= 0.3 is 0 Å². The van der Waals surface area contributed by atoms with Gasteiger partial charge in [-0.2, -0.15) is 9.61 Å². The van der Waals surface area contributed by atoms with Gasteiger partial charge in [-0.3, -0.25) is 4.79 Å². The molecule has 2 aliphatic carbocycles. The van der Waals surface area contributed by atoms with Crippen molar-refractivity contribution in [1.29, 1.82) is 0 Å². The zero-order valence-corrected chi connectivity index (χ0v) is 21.4. The van der Waals surface area contributed by atoms with E-state index in [-0.39, 0.29) is 17.9 Å². The zero-order chi connectivity index (χ0) is 25.2. The highest BCUT2D eigenvalue weighted by molar-refractivity contribution is 5.97. The Kier molecular flexibility index (Phi) is 7.05. The van der Waals surface area contributed by atoms with Crippen molar-refractivity contribution in [2.75, 3.05) is 11.9 Å². The third kappa shape index (κ3) is 5.43. The molecule has 0 bridgehead atoms. The van der Waals surface area contributed by atoms with Crippen LogP contribution in [0.25, 0.3) is 16.8 Å². The molecule has 2 saturated carbocycles. The topological polar surface area (TPSA) is 104 Å². The maximum absolute atomic E-state index is 12.6. The summed E-state index contributed by atoms with van der Waals surface area (Å²) >= 11 is 0. The van der Waals surface area contributed by atoms with Gasteiger partial charge < -0.3 is 15.7 Å². The van der Waals surface area contributed by atoms with E-state index in [1.807, 2.05) is 48.1 Å². The minimum absolute atomic E-state index is 0.0127. The number of carbonyl (C=O) groups excluding carboxylic acids is 1. The Hall–Kier alpha value is -3.26. The Balaban J connectivity index is 1.49. The van der Waals surface area contributed by atoms with Crippen LogP contribution in [0.2, 0.25) is 0 Å². The van der Waals surface area contributed by atoms with Crippen molar-refractivity contribution in [3.8, 4) is 11.1 Å². The zero-order valence-electron chi connectivity index (χ0n) is 21.4. The Labute approximate surface area is 212 Å². The number of fused-ring (bicyclic) bond motifs is 1. The molecule has 0 spiro atoms. The number of benzene rings is 1. The van der Waals surface area contributed by atoms with Crippen LogP contribution in [-0.4, -0.2) is 50.5 Å². The number of aromatic nitrogens is 3. The van der Waals surface area contributed by atoms with Gasteiger partial charge in [0.2, 0.25) is 0 Å². The standard InChI is InChI=1S/C28H36N6O2/c1-17(2)14-30-26-13-25(29-15-20-6-4-5-7-24(20)35)33-27-23(16-31-34(26)27)19-8-11-22(18(3)12-19)28(36)32-21-9-10-21/h8,11-13,15-17,20-21,24,30,35H,4-7,9-10,14H2,1-3H3,(H,32,36)/t20?,24-/m1/s1. The van der Waals surface area contributed by atoms with Crippen LogP contribution in [0.5, 0.6) is 0 Å². The molecule has 0 saturated heterocycles. The quantitative estimate of drug-likeness (QED) is 0.391. The summed E-state index contributed by atoms with van der Waals surface area (Å²) in [6.45, 7) is 7.08. The average Bonchev–Trinajstić information content (AvgIpc) is 3.56. The molecule has 1 aromatic carbocycles. The van der Waals surface area contributed by atoms with Crippen molar-refractivity contribution in [3.63, 3.8) is 0 Å². The third-order valence-electron chi connectivity index (χ3n) is 7.02. The van der Waals surface area contributed by atoms with E-state index in [0.29, 0.717) is 29.0 Å². The Morgan fingerprint density at radius 3 is 2.75 bits per heavy atom. The van der Waals surface area contributed by atoms with E-state index in [2.05, 4.69) is 29.6 Å². The van der Waals surface area contributed by atoms with Gasteiger partial charge in [0.05, 0.1) is 12.3 Å². The minimum atomic E-state index is -0.339. The highest BCUT2D eigenvalue weighted by atomic mass is 16.3. The molecule has 8 nitrogen and oxygen atoms in total. The molecule has 190 valence electrons. The van der Waals surface area contributed by atoms with Crippen LogP contribution in [0.3, 0.4) is 0 Å². The van der Waals surface area contributed by atoms with Crippen LogP contribution in [0.1, 0.15) is 68.3 Å². The molecule has 2 aromatic heterocycles. The first-order valence-corrected chi connectivity index (χ1v) is 13.2. The largest absolute Gasteiger partial charge is 0.392 e. The highest BCUT2D eigenvalue weighted by Gasteiger charge is 2.25. The van der Waals surface area contributed by atoms with Gasteiger partial charge in [0.25, 0.3) is 5.91 Å². The number of aliphatic hydroxyl groups is 1. The predicted molar refractivity (Wildman–Crippen MR) is 143 cm³/mol. The number of hydrogen-bond donors (Lipinski definition) is 3. The fourth-order valence-electron chi connectivity index (χ4n) is 4.72. The molecule has 2 fully saturated rings. The van der Waals surface area contributed by atoms with E-state index < -0.39 is 0 Å². The molecule has 3 aromatic rings. The van der Waals surface area contributed by atoms with E-state index in [4.69, 9.17) is 9.98 Å². The molecular formula is C28H36N6O2. The van der Waals surface area contributed by atoms with Crippen molar-refractivity contribution in [2.24, 2.45) is 16.8 Å². The number of anilines is 1. The van der Waals surface area contributed by atoms with Crippen molar-refractivity contribution in [3.05, 3.63) is 41.6 Å². The van der Waals surface area contributed by atoms with E-state index in [0.717, 1.165) is 67.6 Å². The van der Waals surface area contributed by atoms with Gasteiger partial charge in [-0.1, -0.05) is 38.8 Å². The number of rotatable bonds is 8. The summed E-state index contributed by atoms with van der Waals surface area (Å²) in [6, 6.07) is 8.11. The molecule has 5 rings (SSSR count). The lowest BCUT2D eigenvalue weighted by Crippen LogP contribution is -2.26. The lowest BCUT2D eigenvalue weighted by molar-refractivity contribution is 0.0950. The Bertz CT molecular complexity index is 1280. The summed E-state index contributed by atoms with van der Waals surface area (Å²) in [5.74, 6) is 1.93. The second-order valence-corrected chi connectivity index (χ2v) is 10.6.